The fourth-order valence-electron chi connectivity index (χ4n) is 2.37. The first-order valence-electron chi connectivity index (χ1n) is 7.16. The van der Waals surface area contributed by atoms with Crippen molar-refractivity contribution in [1.82, 2.24) is 0 Å². The molecule has 130 valence electrons. The van der Waals surface area contributed by atoms with Crippen molar-refractivity contribution < 1.29 is 17.8 Å². The highest BCUT2D eigenvalue weighted by Crippen LogP contribution is 2.39. The Kier molecular flexibility index (Phi) is 4.44. The maximum absolute atomic E-state index is 12.5. The number of hydrogen-bond donors (Lipinski definition) is 1. The van der Waals surface area contributed by atoms with Crippen LogP contribution in [0.4, 0.5) is 11.4 Å². The van der Waals surface area contributed by atoms with E-state index in [1.807, 2.05) is 6.92 Å². The molecular weight excluding hydrogens is 364 g/mol. The Morgan fingerprint density at radius 2 is 1.84 bits per heavy atom. The molecule has 0 aliphatic heterocycles. The topological polar surface area (TPSA) is 102 Å². The highest BCUT2D eigenvalue weighted by atomic mass is 32.2. The summed E-state index contributed by atoms with van der Waals surface area (Å²) in [7, 11) is -3.79. The first-order valence-corrected chi connectivity index (χ1v) is 9.87. The average molecular weight is 378 g/mol. The summed E-state index contributed by atoms with van der Waals surface area (Å²) in [6.07, 6.45) is 1.67. The van der Waals surface area contributed by atoms with E-state index in [-0.39, 0.29) is 26.7 Å². The average Bonchev–Trinajstić information content (AvgIpc) is 2.92. The van der Waals surface area contributed by atoms with E-state index >= 15 is 0 Å². The van der Waals surface area contributed by atoms with E-state index in [9.17, 15) is 18.5 Å². The number of nitrogens with one attached hydrogen (secondary N) is 1. The summed E-state index contributed by atoms with van der Waals surface area (Å²) >= 11 is 1.12. The minimum atomic E-state index is -3.79. The van der Waals surface area contributed by atoms with Crippen LogP contribution < -0.4 is 4.72 Å². The molecule has 0 spiro atoms. The number of furan rings is 1. The van der Waals surface area contributed by atoms with Gasteiger partial charge in [0.25, 0.3) is 10.0 Å². The Balaban J connectivity index is 2.03. The van der Waals surface area contributed by atoms with E-state index in [2.05, 4.69) is 4.72 Å². The Morgan fingerprint density at radius 3 is 2.44 bits per heavy atom. The Hall–Kier alpha value is -2.52. The number of fused-ring (bicyclic) bond motifs is 1. The molecule has 0 radical (unpaired) electrons. The summed E-state index contributed by atoms with van der Waals surface area (Å²) in [6.45, 7) is 1.86. The first-order chi connectivity index (χ1) is 11.8. The summed E-state index contributed by atoms with van der Waals surface area (Å²) in [4.78, 5) is 10.9. The molecule has 0 amide bonds. The Morgan fingerprint density at radius 1 is 1.16 bits per heavy atom. The van der Waals surface area contributed by atoms with Crippen LogP contribution in [0.5, 0.6) is 0 Å². The van der Waals surface area contributed by atoms with Crippen molar-refractivity contribution in [2.24, 2.45) is 0 Å². The molecule has 0 atom stereocenters. The van der Waals surface area contributed by atoms with Gasteiger partial charge in [0.2, 0.25) is 5.09 Å². The number of hydrogen-bond acceptors (Lipinski definition) is 6. The predicted molar refractivity (Wildman–Crippen MR) is 96.6 cm³/mol. The lowest BCUT2D eigenvalue weighted by atomic mass is 10.2. The Labute approximate surface area is 148 Å². The van der Waals surface area contributed by atoms with Gasteiger partial charge in [-0.15, -0.1) is 0 Å². The second-order valence-corrected chi connectivity index (χ2v) is 7.79. The number of sulfonamides is 1. The number of rotatable bonds is 5. The van der Waals surface area contributed by atoms with Gasteiger partial charge in [0.1, 0.15) is 11.0 Å². The third kappa shape index (κ3) is 3.33. The lowest BCUT2D eigenvalue weighted by Gasteiger charge is -2.08. The SMILES string of the molecule is CSc1oc2ccc(NS(=O)(=O)c3ccc(C)cc3)cc2c1[N+](=O)[O-]. The molecule has 9 heteroatoms. The summed E-state index contributed by atoms with van der Waals surface area (Å²) in [5.74, 6) is 0. The van der Waals surface area contributed by atoms with Gasteiger partial charge in [-0.2, -0.15) is 0 Å². The molecule has 1 heterocycles. The van der Waals surface area contributed by atoms with Crippen molar-refractivity contribution >= 4 is 44.1 Å². The highest BCUT2D eigenvalue weighted by Gasteiger charge is 2.25. The van der Waals surface area contributed by atoms with Crippen LogP contribution in [0.15, 0.2) is 56.9 Å². The minimum Gasteiger partial charge on any atom is -0.442 e. The molecule has 0 unspecified atom stereocenters. The van der Waals surface area contributed by atoms with Crippen molar-refractivity contribution in [3.05, 3.63) is 58.1 Å². The fourth-order valence-corrected chi connectivity index (χ4v) is 3.97. The second kappa shape index (κ2) is 6.41. The van der Waals surface area contributed by atoms with Crippen LogP contribution in [0.2, 0.25) is 0 Å². The van der Waals surface area contributed by atoms with Gasteiger partial charge in [0, 0.05) is 5.69 Å². The van der Waals surface area contributed by atoms with Crippen LogP contribution in [0.3, 0.4) is 0 Å². The maximum atomic E-state index is 12.5. The number of aryl methyl sites for hydroxylation is 1. The summed E-state index contributed by atoms with van der Waals surface area (Å²) in [5.41, 5.74) is 1.33. The van der Waals surface area contributed by atoms with Gasteiger partial charge in [-0.05, 0) is 43.5 Å². The van der Waals surface area contributed by atoms with Gasteiger partial charge < -0.3 is 4.42 Å². The largest absolute Gasteiger partial charge is 0.442 e. The van der Waals surface area contributed by atoms with Gasteiger partial charge in [0.05, 0.1) is 9.82 Å². The molecule has 0 saturated carbocycles. The second-order valence-electron chi connectivity index (χ2n) is 5.33. The first kappa shape index (κ1) is 17.3. The normalized spacial score (nSPS) is 11.6. The smallest absolute Gasteiger partial charge is 0.329 e. The molecule has 3 aromatic rings. The van der Waals surface area contributed by atoms with Crippen LogP contribution >= 0.6 is 11.8 Å². The van der Waals surface area contributed by atoms with Crippen LogP contribution in [0.1, 0.15) is 5.56 Å². The third-order valence-corrected chi connectivity index (χ3v) is 5.63. The van der Waals surface area contributed by atoms with Gasteiger partial charge in [0.15, 0.2) is 0 Å². The molecule has 1 aromatic heterocycles. The summed E-state index contributed by atoms with van der Waals surface area (Å²) in [6, 6.07) is 10.8. The van der Waals surface area contributed by atoms with Crippen LogP contribution in [-0.2, 0) is 10.0 Å². The van der Waals surface area contributed by atoms with E-state index in [0.717, 1.165) is 17.3 Å². The number of anilines is 1. The standard InChI is InChI=1S/C16H14N2O5S2/c1-10-3-6-12(7-4-10)25(21,22)17-11-5-8-14-13(9-11)15(18(19)20)16(23-14)24-2/h3-9,17H,1-2H3. The van der Waals surface area contributed by atoms with Crippen LogP contribution in [0.25, 0.3) is 11.0 Å². The lowest BCUT2D eigenvalue weighted by molar-refractivity contribution is -0.386. The molecule has 1 N–H and O–H groups in total. The molecule has 0 fully saturated rings. The van der Waals surface area contributed by atoms with E-state index in [4.69, 9.17) is 4.42 Å². The molecule has 2 aromatic carbocycles. The molecule has 25 heavy (non-hydrogen) atoms. The zero-order valence-electron chi connectivity index (χ0n) is 13.3. The van der Waals surface area contributed by atoms with E-state index in [1.165, 1.54) is 30.3 Å². The number of nitrogens with zero attached hydrogens (tertiary/aromatic N) is 1. The van der Waals surface area contributed by atoms with Gasteiger partial charge in [-0.25, -0.2) is 8.42 Å². The van der Waals surface area contributed by atoms with Gasteiger partial charge in [-0.3, -0.25) is 14.8 Å². The summed E-state index contributed by atoms with van der Waals surface area (Å²) in [5, 5.41) is 11.7. The number of benzene rings is 2. The van der Waals surface area contributed by atoms with Crippen LogP contribution in [0, 0.1) is 17.0 Å². The van der Waals surface area contributed by atoms with Crippen molar-refractivity contribution in [2.75, 3.05) is 11.0 Å². The van der Waals surface area contributed by atoms with E-state index < -0.39 is 14.9 Å². The van der Waals surface area contributed by atoms with E-state index in [0.29, 0.717) is 5.58 Å². The van der Waals surface area contributed by atoms with Crippen molar-refractivity contribution in [2.45, 2.75) is 16.9 Å². The number of nitro groups is 1. The van der Waals surface area contributed by atoms with Crippen LogP contribution in [-0.4, -0.2) is 19.6 Å². The minimum absolute atomic E-state index is 0.115. The fraction of sp³-hybridized carbons (Fsp3) is 0.125. The molecule has 0 saturated heterocycles. The van der Waals surface area contributed by atoms with Crippen molar-refractivity contribution in [3.63, 3.8) is 0 Å². The van der Waals surface area contributed by atoms with Crippen molar-refractivity contribution in [1.29, 1.82) is 0 Å². The maximum Gasteiger partial charge on any atom is 0.329 e. The molecule has 7 nitrogen and oxygen atoms in total. The monoisotopic (exact) mass is 378 g/mol. The summed E-state index contributed by atoms with van der Waals surface area (Å²) < 4.78 is 32.8. The zero-order valence-corrected chi connectivity index (χ0v) is 15.0. The molecular formula is C16H14N2O5S2. The molecule has 0 aliphatic carbocycles. The highest BCUT2D eigenvalue weighted by molar-refractivity contribution is 7.98. The van der Waals surface area contributed by atoms with E-state index in [1.54, 1.807) is 18.4 Å². The van der Waals surface area contributed by atoms with Crippen molar-refractivity contribution in [3.8, 4) is 0 Å². The molecule has 0 bridgehead atoms. The van der Waals surface area contributed by atoms with Gasteiger partial charge >= 0.3 is 5.69 Å². The molecule has 3 rings (SSSR count). The zero-order chi connectivity index (χ0) is 18.2. The predicted octanol–water partition coefficient (Wildman–Crippen LogP) is 4.17. The third-order valence-electron chi connectivity index (χ3n) is 3.58. The number of thioether (sulfide) groups is 1. The molecule has 0 aliphatic rings. The Bertz CT molecular complexity index is 1060. The quantitative estimate of drug-likeness (QED) is 0.406. The van der Waals surface area contributed by atoms with Gasteiger partial charge in [-0.1, -0.05) is 29.5 Å². The lowest BCUT2D eigenvalue weighted by Crippen LogP contribution is -2.12.